The number of carbonyl (C=O) groups excluding carboxylic acids is 2. The number of sulfone groups is 1. The highest BCUT2D eigenvalue weighted by Crippen LogP contribution is 2.44. The van der Waals surface area contributed by atoms with Gasteiger partial charge in [0.2, 0.25) is 5.91 Å². The van der Waals surface area contributed by atoms with Crippen molar-refractivity contribution in [3.63, 3.8) is 0 Å². The Bertz CT molecular complexity index is 1440. The maximum Gasteiger partial charge on any atom is 0.255 e. The molecule has 4 aliphatic rings. The van der Waals surface area contributed by atoms with Crippen molar-refractivity contribution >= 4 is 33.3 Å². The van der Waals surface area contributed by atoms with Gasteiger partial charge in [-0.2, -0.15) is 0 Å². The van der Waals surface area contributed by atoms with Crippen molar-refractivity contribution in [3.8, 4) is 0 Å². The fourth-order valence-electron chi connectivity index (χ4n) is 5.28. The zero-order valence-electron chi connectivity index (χ0n) is 19.6. The van der Waals surface area contributed by atoms with Crippen molar-refractivity contribution in [1.82, 2.24) is 15.2 Å². The fourth-order valence-corrected chi connectivity index (χ4v) is 7.02. The third-order valence-electron chi connectivity index (χ3n) is 7.69. The second kappa shape index (κ2) is 8.87. The summed E-state index contributed by atoms with van der Waals surface area (Å²) in [5.74, 6) is -2.47. The molecule has 3 aliphatic carbocycles. The average Bonchev–Trinajstić information content (AvgIpc) is 3.76. The monoisotopic (exact) mass is 547 g/mol. The van der Waals surface area contributed by atoms with Crippen molar-refractivity contribution in [2.45, 2.75) is 60.5 Å². The Labute approximate surface area is 217 Å². The molecule has 7 nitrogen and oxygen atoms in total. The fraction of sp³-hybridized carbons (Fsp3) is 0.423. The summed E-state index contributed by atoms with van der Waals surface area (Å²) in [6.07, 6.45) is 8.10. The molecule has 1 aromatic heterocycles. The van der Waals surface area contributed by atoms with E-state index < -0.39 is 50.6 Å². The molecule has 1 aromatic carbocycles. The van der Waals surface area contributed by atoms with E-state index in [1.165, 1.54) is 23.2 Å². The van der Waals surface area contributed by atoms with Crippen LogP contribution in [0.4, 0.5) is 8.78 Å². The minimum absolute atomic E-state index is 0.0136. The molecule has 2 aromatic rings. The minimum atomic E-state index is -3.60. The third kappa shape index (κ3) is 4.33. The molecule has 0 bridgehead atoms. The first-order valence-electron chi connectivity index (χ1n) is 12.3. The van der Waals surface area contributed by atoms with Crippen LogP contribution in [-0.4, -0.2) is 47.4 Å². The van der Waals surface area contributed by atoms with E-state index in [4.69, 9.17) is 11.6 Å². The van der Waals surface area contributed by atoms with Gasteiger partial charge in [0, 0.05) is 23.2 Å². The van der Waals surface area contributed by atoms with Crippen molar-refractivity contribution in [2.75, 3.05) is 0 Å². The Morgan fingerprint density at radius 1 is 1.08 bits per heavy atom. The molecule has 0 spiro atoms. The van der Waals surface area contributed by atoms with E-state index in [2.05, 4.69) is 10.3 Å². The summed E-state index contributed by atoms with van der Waals surface area (Å²) in [5, 5.41) is 1.93. The molecule has 2 heterocycles. The molecule has 0 unspecified atom stereocenters. The number of rotatable bonds is 7. The number of benzene rings is 1. The maximum atomic E-state index is 14.7. The topological polar surface area (TPSA) is 96.4 Å². The number of pyridine rings is 1. The number of hydrogen-bond donors (Lipinski definition) is 1. The summed E-state index contributed by atoms with van der Waals surface area (Å²) in [7, 11) is -3.60. The van der Waals surface area contributed by atoms with Crippen LogP contribution in [-0.2, 0) is 14.6 Å². The number of nitrogens with one attached hydrogen (secondary N) is 1. The molecular weight excluding hydrogens is 524 g/mol. The molecule has 2 amide bonds. The number of hydrogen-bond acceptors (Lipinski definition) is 5. The minimum Gasteiger partial charge on any atom is -0.347 e. The standard InChI is InChI=1S/C26H24ClF2N3O4S/c27-18-12-19(28)17(11-20(18)29)24(13-1-2-13)31-25(33)22-9-14-3-6-21(14)32(22)26(34)15-7-8-30-23(10-15)37(35,36)16-4-5-16/h3,6-8,10-14,16,21-22,24H,1-2,4-5,9H2,(H,31,33)/t14-,21-,22-,24-/m1/s1. The summed E-state index contributed by atoms with van der Waals surface area (Å²) in [6, 6.07) is 2.73. The van der Waals surface area contributed by atoms with Crippen molar-refractivity contribution in [3.05, 3.63) is 70.4 Å². The number of nitrogens with zero attached hydrogens (tertiary/aromatic N) is 2. The summed E-state index contributed by atoms with van der Waals surface area (Å²) in [4.78, 5) is 32.6. The average molecular weight is 548 g/mol. The number of fused-ring (bicyclic) bond motifs is 1. The van der Waals surface area contributed by atoms with Gasteiger partial charge >= 0.3 is 0 Å². The van der Waals surface area contributed by atoms with E-state index in [1.807, 2.05) is 12.2 Å². The number of carbonyl (C=O) groups is 2. The number of aromatic nitrogens is 1. The van der Waals surface area contributed by atoms with Crippen LogP contribution in [0.5, 0.6) is 0 Å². The highest BCUT2D eigenvalue weighted by Gasteiger charge is 2.49. The van der Waals surface area contributed by atoms with Gasteiger partial charge in [0.1, 0.15) is 17.7 Å². The number of amides is 2. The lowest BCUT2D eigenvalue weighted by atomic mass is 9.89. The first-order valence-corrected chi connectivity index (χ1v) is 14.2. The van der Waals surface area contributed by atoms with E-state index >= 15 is 0 Å². The van der Waals surface area contributed by atoms with Gasteiger partial charge in [-0.3, -0.25) is 9.59 Å². The van der Waals surface area contributed by atoms with Crippen LogP contribution in [0.15, 0.2) is 47.6 Å². The van der Waals surface area contributed by atoms with E-state index in [1.54, 1.807) is 0 Å². The molecule has 11 heteroatoms. The van der Waals surface area contributed by atoms with Crippen LogP contribution >= 0.6 is 11.6 Å². The van der Waals surface area contributed by atoms with Gasteiger partial charge in [-0.15, -0.1) is 0 Å². The van der Waals surface area contributed by atoms with Crippen LogP contribution in [0.1, 0.15) is 54.1 Å². The second-order valence-corrected chi connectivity index (χ2v) is 12.8. The third-order valence-corrected chi connectivity index (χ3v) is 10.1. The van der Waals surface area contributed by atoms with Crippen LogP contribution in [0.25, 0.3) is 0 Å². The van der Waals surface area contributed by atoms with Crippen molar-refractivity contribution < 1.29 is 26.8 Å². The van der Waals surface area contributed by atoms with Gasteiger partial charge in [-0.25, -0.2) is 22.2 Å². The van der Waals surface area contributed by atoms with Gasteiger partial charge in [-0.1, -0.05) is 23.8 Å². The van der Waals surface area contributed by atoms with E-state index in [0.29, 0.717) is 19.3 Å². The molecule has 1 saturated heterocycles. The Balaban J connectivity index is 1.27. The van der Waals surface area contributed by atoms with E-state index in [0.717, 1.165) is 25.0 Å². The molecule has 6 rings (SSSR count). The number of likely N-dealkylation sites (tertiary alicyclic amines) is 1. The zero-order chi connectivity index (χ0) is 26.1. The van der Waals surface area contributed by atoms with Gasteiger partial charge < -0.3 is 10.2 Å². The molecule has 0 radical (unpaired) electrons. The smallest absolute Gasteiger partial charge is 0.255 e. The quantitative estimate of drug-likeness (QED) is 0.418. The normalized spacial score (nSPS) is 25.4. The molecule has 4 atom stereocenters. The van der Waals surface area contributed by atoms with Crippen LogP contribution in [0.2, 0.25) is 5.02 Å². The molecule has 194 valence electrons. The molecule has 3 fully saturated rings. The van der Waals surface area contributed by atoms with Crippen LogP contribution in [0.3, 0.4) is 0 Å². The SMILES string of the molecule is O=C(N[C@@H](c1cc(F)c(Cl)cc1F)C1CC1)[C@H]1C[C@H]2C=C[C@H]2N1C(=O)c1ccnc(S(=O)(=O)C2CC2)c1. The lowest BCUT2D eigenvalue weighted by Gasteiger charge is -2.33. The van der Waals surface area contributed by atoms with Crippen molar-refractivity contribution in [1.29, 1.82) is 0 Å². The first kappa shape index (κ1) is 24.5. The molecular formula is C26H24ClF2N3O4S. The highest BCUT2D eigenvalue weighted by molar-refractivity contribution is 7.92. The van der Waals surface area contributed by atoms with Crippen LogP contribution in [0, 0.1) is 23.5 Å². The Hall–Kier alpha value is -2.85. The molecule has 1 aliphatic heterocycles. The van der Waals surface area contributed by atoms with E-state index in [9.17, 15) is 26.8 Å². The van der Waals surface area contributed by atoms with Crippen molar-refractivity contribution in [2.24, 2.45) is 11.8 Å². The van der Waals surface area contributed by atoms with Gasteiger partial charge in [0.05, 0.1) is 22.4 Å². The van der Waals surface area contributed by atoms with Gasteiger partial charge in [-0.05, 0) is 62.3 Å². The molecule has 2 saturated carbocycles. The zero-order valence-corrected chi connectivity index (χ0v) is 21.2. The highest BCUT2D eigenvalue weighted by atomic mass is 35.5. The summed E-state index contributed by atoms with van der Waals surface area (Å²) in [6.45, 7) is 0. The Morgan fingerprint density at radius 3 is 2.49 bits per heavy atom. The molecule has 37 heavy (non-hydrogen) atoms. The summed E-state index contributed by atoms with van der Waals surface area (Å²) >= 11 is 5.71. The first-order chi connectivity index (χ1) is 17.6. The lowest BCUT2D eigenvalue weighted by Crippen LogP contribution is -2.50. The van der Waals surface area contributed by atoms with E-state index in [-0.39, 0.29) is 39.1 Å². The summed E-state index contributed by atoms with van der Waals surface area (Å²) in [5.41, 5.74) is 0.163. The Kier molecular flexibility index (Phi) is 5.87. The molecule has 1 N–H and O–H groups in total. The Morgan fingerprint density at radius 2 is 1.84 bits per heavy atom. The van der Waals surface area contributed by atoms with Crippen LogP contribution < -0.4 is 5.32 Å². The maximum absolute atomic E-state index is 14.7. The largest absolute Gasteiger partial charge is 0.347 e. The predicted octanol–water partition coefficient (Wildman–Crippen LogP) is 3.99. The van der Waals surface area contributed by atoms with Gasteiger partial charge in [0.25, 0.3) is 5.91 Å². The summed E-state index contributed by atoms with van der Waals surface area (Å²) < 4.78 is 54.2. The second-order valence-electron chi connectivity index (χ2n) is 10.2. The lowest BCUT2D eigenvalue weighted by molar-refractivity contribution is -0.126. The van der Waals surface area contributed by atoms with Gasteiger partial charge in [0.15, 0.2) is 14.9 Å². The number of halogens is 3. The predicted molar refractivity (Wildman–Crippen MR) is 130 cm³/mol.